The minimum atomic E-state index is -2.92. The maximum atomic E-state index is 12.2. The molecule has 2 rings (SSSR count). The number of thiocarbonyl (C=S) groups is 1. The van der Waals surface area contributed by atoms with Crippen LogP contribution in [0.2, 0.25) is 10.0 Å². The minimum Gasteiger partial charge on any atom is -0.433 e. The summed E-state index contributed by atoms with van der Waals surface area (Å²) in [4.78, 5) is 0. The summed E-state index contributed by atoms with van der Waals surface area (Å²) in [6.07, 6.45) is 0. The molecule has 0 bridgehead atoms. The van der Waals surface area contributed by atoms with Crippen LogP contribution in [0.1, 0.15) is 5.56 Å². The fourth-order valence-electron chi connectivity index (χ4n) is 1.73. The molecular weight excluding hydrogens is 365 g/mol. The molecule has 0 heterocycles. The van der Waals surface area contributed by atoms with Gasteiger partial charge in [-0.1, -0.05) is 35.3 Å². The summed E-state index contributed by atoms with van der Waals surface area (Å²) >= 11 is 16.8. The number of hydrogen-bond acceptors (Lipinski definition) is 2. The first-order chi connectivity index (χ1) is 10.9. The second kappa shape index (κ2) is 8.29. The van der Waals surface area contributed by atoms with Crippen LogP contribution in [0.3, 0.4) is 0 Å². The van der Waals surface area contributed by atoms with Gasteiger partial charge in [0.25, 0.3) is 0 Å². The van der Waals surface area contributed by atoms with Crippen LogP contribution in [-0.2, 0) is 6.54 Å². The third kappa shape index (κ3) is 5.82. The number of benzene rings is 2. The molecule has 0 amide bonds. The van der Waals surface area contributed by atoms with E-state index in [4.69, 9.17) is 35.4 Å². The Hall–Kier alpha value is -1.63. The number of ether oxygens (including phenoxy) is 1. The van der Waals surface area contributed by atoms with E-state index in [1.54, 1.807) is 18.2 Å². The maximum absolute atomic E-state index is 12.2. The van der Waals surface area contributed by atoms with E-state index >= 15 is 0 Å². The van der Waals surface area contributed by atoms with Gasteiger partial charge in [0.05, 0.1) is 5.02 Å². The lowest BCUT2D eigenvalue weighted by Crippen LogP contribution is -2.27. The Morgan fingerprint density at radius 3 is 2.43 bits per heavy atom. The standard InChI is InChI=1S/C15H12Cl2F2N2OS/c16-10-3-1-9(2-4-10)8-20-15(23)21-11-5-6-13(12(17)7-11)22-14(18)19/h1-7,14H,8H2,(H2,20,21,23). The van der Waals surface area contributed by atoms with Gasteiger partial charge < -0.3 is 15.4 Å². The number of nitrogens with one attached hydrogen (secondary N) is 2. The zero-order valence-corrected chi connectivity index (χ0v) is 14.0. The molecule has 0 radical (unpaired) electrons. The van der Waals surface area contributed by atoms with E-state index in [9.17, 15) is 8.78 Å². The van der Waals surface area contributed by atoms with Crippen LogP contribution in [0.4, 0.5) is 14.5 Å². The highest BCUT2D eigenvalue weighted by Crippen LogP contribution is 2.28. The van der Waals surface area contributed by atoms with Gasteiger partial charge in [-0.15, -0.1) is 0 Å². The predicted octanol–water partition coefficient (Wildman–Crippen LogP) is 5.08. The van der Waals surface area contributed by atoms with Gasteiger partial charge in [0.1, 0.15) is 5.75 Å². The SMILES string of the molecule is FC(F)Oc1ccc(NC(=S)NCc2ccc(Cl)cc2)cc1Cl. The van der Waals surface area contributed by atoms with E-state index in [1.165, 1.54) is 12.1 Å². The van der Waals surface area contributed by atoms with Crippen LogP contribution in [0, 0.1) is 0 Å². The lowest BCUT2D eigenvalue weighted by atomic mass is 10.2. The summed E-state index contributed by atoms with van der Waals surface area (Å²) in [5.74, 6) is -0.0905. The summed E-state index contributed by atoms with van der Waals surface area (Å²) in [5.41, 5.74) is 1.57. The molecule has 122 valence electrons. The Morgan fingerprint density at radius 2 is 1.83 bits per heavy atom. The van der Waals surface area contributed by atoms with Gasteiger partial charge in [0.2, 0.25) is 0 Å². The molecular formula is C15H12Cl2F2N2OS. The van der Waals surface area contributed by atoms with E-state index in [-0.39, 0.29) is 10.8 Å². The lowest BCUT2D eigenvalue weighted by molar-refractivity contribution is -0.0497. The van der Waals surface area contributed by atoms with Gasteiger partial charge in [0.15, 0.2) is 5.11 Å². The molecule has 0 aliphatic carbocycles. The Labute approximate surface area is 147 Å². The van der Waals surface area contributed by atoms with Gasteiger partial charge >= 0.3 is 6.61 Å². The molecule has 2 N–H and O–H groups in total. The zero-order chi connectivity index (χ0) is 16.8. The number of anilines is 1. The molecule has 0 aliphatic rings. The molecule has 0 spiro atoms. The zero-order valence-electron chi connectivity index (χ0n) is 11.7. The van der Waals surface area contributed by atoms with Gasteiger partial charge in [0, 0.05) is 17.3 Å². The molecule has 0 saturated carbocycles. The molecule has 8 heteroatoms. The van der Waals surface area contributed by atoms with Crippen molar-refractivity contribution in [2.75, 3.05) is 5.32 Å². The number of alkyl halides is 2. The number of rotatable bonds is 5. The summed E-state index contributed by atoms with van der Waals surface area (Å²) < 4.78 is 28.6. The molecule has 0 aromatic heterocycles. The Balaban J connectivity index is 1.89. The number of halogens is 4. The van der Waals surface area contributed by atoms with E-state index in [0.29, 0.717) is 22.4 Å². The van der Waals surface area contributed by atoms with Crippen LogP contribution >= 0.6 is 35.4 Å². The van der Waals surface area contributed by atoms with Gasteiger partial charge in [-0.3, -0.25) is 0 Å². The number of hydrogen-bond donors (Lipinski definition) is 2. The summed E-state index contributed by atoms with van der Waals surface area (Å²) in [7, 11) is 0. The first-order valence-electron chi connectivity index (χ1n) is 6.47. The summed E-state index contributed by atoms with van der Waals surface area (Å²) in [5, 5.41) is 7.03. The average molecular weight is 377 g/mol. The Bertz CT molecular complexity index is 684. The maximum Gasteiger partial charge on any atom is 0.387 e. The van der Waals surface area contributed by atoms with Crippen LogP contribution in [0.5, 0.6) is 5.75 Å². The molecule has 2 aromatic carbocycles. The quantitative estimate of drug-likeness (QED) is 0.712. The molecule has 0 aliphatic heterocycles. The summed E-state index contributed by atoms with van der Waals surface area (Å²) in [6.45, 7) is -2.41. The molecule has 0 fully saturated rings. The highest BCUT2D eigenvalue weighted by atomic mass is 35.5. The minimum absolute atomic E-state index is 0.0656. The smallest absolute Gasteiger partial charge is 0.387 e. The third-order valence-electron chi connectivity index (χ3n) is 2.77. The molecule has 0 unspecified atom stereocenters. The van der Waals surface area contributed by atoms with Crippen LogP contribution in [0.15, 0.2) is 42.5 Å². The van der Waals surface area contributed by atoms with Crippen LogP contribution < -0.4 is 15.4 Å². The van der Waals surface area contributed by atoms with Crippen molar-refractivity contribution in [3.05, 3.63) is 58.1 Å². The van der Waals surface area contributed by atoms with Crippen molar-refractivity contribution in [3.8, 4) is 5.75 Å². The highest BCUT2D eigenvalue weighted by Gasteiger charge is 2.09. The van der Waals surface area contributed by atoms with Crippen molar-refractivity contribution in [1.82, 2.24) is 5.32 Å². The molecule has 2 aromatic rings. The summed E-state index contributed by atoms with van der Waals surface area (Å²) in [6, 6.07) is 11.7. The predicted molar refractivity (Wildman–Crippen MR) is 92.6 cm³/mol. The van der Waals surface area contributed by atoms with Gasteiger partial charge in [-0.2, -0.15) is 8.78 Å². The van der Waals surface area contributed by atoms with Crippen molar-refractivity contribution >= 4 is 46.2 Å². The van der Waals surface area contributed by atoms with Crippen LogP contribution in [-0.4, -0.2) is 11.7 Å². The van der Waals surface area contributed by atoms with Gasteiger partial charge in [-0.25, -0.2) is 0 Å². The normalized spacial score (nSPS) is 10.5. The average Bonchev–Trinajstić information content (AvgIpc) is 2.49. The third-order valence-corrected chi connectivity index (χ3v) is 3.57. The Kier molecular flexibility index (Phi) is 6.38. The van der Waals surface area contributed by atoms with Crippen molar-refractivity contribution < 1.29 is 13.5 Å². The van der Waals surface area contributed by atoms with E-state index in [1.807, 2.05) is 12.1 Å². The first kappa shape index (κ1) is 17.7. The monoisotopic (exact) mass is 376 g/mol. The first-order valence-corrected chi connectivity index (χ1v) is 7.64. The Morgan fingerprint density at radius 1 is 1.13 bits per heavy atom. The lowest BCUT2D eigenvalue weighted by Gasteiger charge is -2.12. The van der Waals surface area contributed by atoms with E-state index < -0.39 is 6.61 Å². The van der Waals surface area contributed by atoms with Crippen molar-refractivity contribution in [2.45, 2.75) is 13.2 Å². The fraction of sp³-hybridized carbons (Fsp3) is 0.133. The molecule has 3 nitrogen and oxygen atoms in total. The second-order valence-electron chi connectivity index (χ2n) is 4.46. The van der Waals surface area contributed by atoms with E-state index in [2.05, 4.69) is 15.4 Å². The molecule has 23 heavy (non-hydrogen) atoms. The molecule has 0 atom stereocenters. The second-order valence-corrected chi connectivity index (χ2v) is 5.71. The van der Waals surface area contributed by atoms with Crippen molar-refractivity contribution in [2.24, 2.45) is 0 Å². The van der Waals surface area contributed by atoms with Crippen molar-refractivity contribution in [1.29, 1.82) is 0 Å². The molecule has 0 saturated heterocycles. The van der Waals surface area contributed by atoms with Crippen LogP contribution in [0.25, 0.3) is 0 Å². The van der Waals surface area contributed by atoms with Crippen molar-refractivity contribution in [3.63, 3.8) is 0 Å². The van der Waals surface area contributed by atoms with E-state index in [0.717, 1.165) is 5.56 Å². The topological polar surface area (TPSA) is 33.3 Å². The fourth-order valence-corrected chi connectivity index (χ4v) is 2.27. The highest BCUT2D eigenvalue weighted by molar-refractivity contribution is 7.80. The van der Waals surface area contributed by atoms with Gasteiger partial charge in [-0.05, 0) is 48.1 Å². The largest absolute Gasteiger partial charge is 0.433 e.